The maximum Gasteiger partial charge on any atom is 0.408 e. The van der Waals surface area contributed by atoms with Gasteiger partial charge in [-0.25, -0.2) is 4.79 Å². The Morgan fingerprint density at radius 2 is 1.69 bits per heavy atom. The number of aliphatic imine (C=N–C) groups is 1. The van der Waals surface area contributed by atoms with Gasteiger partial charge in [-0.2, -0.15) is 0 Å². The lowest BCUT2D eigenvalue weighted by atomic mass is 10.1. The minimum atomic E-state index is -0.539. The minimum Gasteiger partial charge on any atom is -0.444 e. The van der Waals surface area contributed by atoms with Gasteiger partial charge in [0.2, 0.25) is 0 Å². The van der Waals surface area contributed by atoms with Crippen molar-refractivity contribution in [2.75, 3.05) is 13.6 Å². The molecule has 0 aromatic heterocycles. The van der Waals surface area contributed by atoms with Gasteiger partial charge in [0.05, 0.1) is 6.04 Å². The second-order valence-corrected chi connectivity index (χ2v) is 7.94. The molecule has 148 valence electrons. The van der Waals surface area contributed by atoms with Crippen molar-refractivity contribution in [2.45, 2.75) is 58.7 Å². The topological polar surface area (TPSA) is 74.8 Å². The maximum atomic E-state index is 12.2. The van der Waals surface area contributed by atoms with Crippen molar-refractivity contribution in [3.63, 3.8) is 0 Å². The summed E-state index contributed by atoms with van der Waals surface area (Å²) >= 11 is 0. The molecule has 3 N–H and O–H groups in total. The fourth-order valence-electron chi connectivity index (χ4n) is 2.12. The second-order valence-electron chi connectivity index (χ2n) is 7.94. The highest BCUT2D eigenvalue weighted by Crippen LogP contribution is 2.14. The monoisotopic (exact) mass is 476 g/mol. The van der Waals surface area contributed by atoms with E-state index < -0.39 is 11.7 Å². The average molecular weight is 476 g/mol. The molecule has 0 aliphatic rings. The van der Waals surface area contributed by atoms with E-state index in [0.717, 1.165) is 5.56 Å². The zero-order valence-corrected chi connectivity index (χ0v) is 19.2. The maximum absolute atomic E-state index is 12.2. The second kappa shape index (κ2) is 10.6. The van der Waals surface area contributed by atoms with Crippen molar-refractivity contribution in [1.29, 1.82) is 0 Å². The van der Waals surface area contributed by atoms with E-state index in [-0.39, 0.29) is 35.6 Å². The lowest BCUT2D eigenvalue weighted by Gasteiger charge is -2.27. The Kier molecular flexibility index (Phi) is 9.98. The van der Waals surface area contributed by atoms with Gasteiger partial charge >= 0.3 is 6.09 Å². The van der Waals surface area contributed by atoms with Crippen LogP contribution in [0.1, 0.15) is 53.1 Å². The predicted molar refractivity (Wildman–Crippen MR) is 118 cm³/mol. The van der Waals surface area contributed by atoms with E-state index in [9.17, 15) is 4.79 Å². The van der Waals surface area contributed by atoms with Crippen LogP contribution < -0.4 is 16.0 Å². The molecule has 6 nitrogen and oxygen atoms in total. The van der Waals surface area contributed by atoms with Crippen LogP contribution in [0.5, 0.6) is 0 Å². The smallest absolute Gasteiger partial charge is 0.408 e. The summed E-state index contributed by atoms with van der Waals surface area (Å²) in [7, 11) is 1.72. The van der Waals surface area contributed by atoms with E-state index in [4.69, 9.17) is 4.74 Å². The number of benzene rings is 1. The third-order valence-corrected chi connectivity index (χ3v) is 3.08. The molecule has 1 atom stereocenters. The highest BCUT2D eigenvalue weighted by Gasteiger charge is 2.21. The number of halogens is 1. The number of amides is 1. The largest absolute Gasteiger partial charge is 0.444 e. The molecule has 0 spiro atoms. The molecule has 0 saturated heterocycles. The van der Waals surface area contributed by atoms with E-state index in [1.54, 1.807) is 7.05 Å². The van der Waals surface area contributed by atoms with Crippen LogP contribution in [0.15, 0.2) is 35.3 Å². The predicted octanol–water partition coefficient (Wildman–Crippen LogP) is 3.83. The molecule has 1 aromatic carbocycles. The van der Waals surface area contributed by atoms with Gasteiger partial charge in [-0.3, -0.25) is 4.99 Å². The van der Waals surface area contributed by atoms with Crippen LogP contribution in [0.2, 0.25) is 0 Å². The summed E-state index contributed by atoms with van der Waals surface area (Å²) in [5.74, 6) is 0.680. The normalized spacial score (nSPS) is 13.3. The van der Waals surface area contributed by atoms with Gasteiger partial charge in [0.25, 0.3) is 0 Å². The zero-order chi connectivity index (χ0) is 19.1. The number of carbonyl (C=O) groups is 1. The number of hydrogen-bond acceptors (Lipinski definition) is 3. The number of nitrogens with zero attached hydrogens (tertiary/aromatic N) is 1. The van der Waals surface area contributed by atoms with Crippen LogP contribution in [0.25, 0.3) is 0 Å². The lowest BCUT2D eigenvalue weighted by molar-refractivity contribution is 0.0504. The Morgan fingerprint density at radius 1 is 1.12 bits per heavy atom. The molecule has 0 bridgehead atoms. The van der Waals surface area contributed by atoms with Crippen LogP contribution in [-0.4, -0.2) is 36.8 Å². The molecule has 0 heterocycles. The molecule has 0 radical (unpaired) electrons. The molecule has 0 fully saturated rings. The fraction of sp³-hybridized carbons (Fsp3) is 0.579. The Hall–Kier alpha value is -1.51. The first-order valence-corrected chi connectivity index (χ1v) is 8.53. The lowest BCUT2D eigenvalue weighted by Crippen LogP contribution is -2.49. The van der Waals surface area contributed by atoms with Gasteiger partial charge < -0.3 is 20.7 Å². The fourth-order valence-corrected chi connectivity index (χ4v) is 2.12. The molecule has 0 saturated carbocycles. The molecule has 1 aromatic rings. The van der Waals surface area contributed by atoms with E-state index in [2.05, 4.69) is 41.7 Å². The van der Waals surface area contributed by atoms with E-state index >= 15 is 0 Å². The molecule has 0 aliphatic carbocycles. The zero-order valence-electron chi connectivity index (χ0n) is 16.8. The number of guanidine groups is 1. The third kappa shape index (κ3) is 10.5. The first-order valence-electron chi connectivity index (χ1n) is 8.53. The Morgan fingerprint density at radius 3 is 2.15 bits per heavy atom. The van der Waals surface area contributed by atoms with Crippen molar-refractivity contribution in [3.8, 4) is 0 Å². The first kappa shape index (κ1) is 24.5. The van der Waals surface area contributed by atoms with Crippen molar-refractivity contribution in [1.82, 2.24) is 16.0 Å². The summed E-state index contributed by atoms with van der Waals surface area (Å²) in [6.07, 6.45) is -0.443. The standard InChI is InChI=1S/C19H32N4O2.HI/c1-18(2,3)23-16(20-7)21-13-15(14-11-9-8-10-12-14)22-17(24)25-19(4,5)6;/h8-12,15H,13H2,1-7H3,(H,22,24)(H2,20,21,23);1H. The molecule has 26 heavy (non-hydrogen) atoms. The van der Waals surface area contributed by atoms with Crippen LogP contribution >= 0.6 is 24.0 Å². The SMILES string of the molecule is CN=C(NCC(NC(=O)OC(C)(C)C)c1ccccc1)NC(C)(C)C.I. The van der Waals surface area contributed by atoms with Crippen LogP contribution in [0.3, 0.4) is 0 Å². The summed E-state index contributed by atoms with van der Waals surface area (Å²) in [5, 5.41) is 9.49. The summed E-state index contributed by atoms with van der Waals surface area (Å²) < 4.78 is 5.38. The molecular weight excluding hydrogens is 443 g/mol. The quantitative estimate of drug-likeness (QED) is 0.351. The van der Waals surface area contributed by atoms with Gasteiger partial charge in [0.15, 0.2) is 5.96 Å². The molecule has 1 amide bonds. The molecule has 1 unspecified atom stereocenters. The molecule has 0 aliphatic heterocycles. The number of alkyl carbamates (subject to hydrolysis) is 1. The van der Waals surface area contributed by atoms with Gasteiger partial charge in [-0.1, -0.05) is 30.3 Å². The van der Waals surface area contributed by atoms with Gasteiger partial charge in [-0.05, 0) is 47.1 Å². The number of carbonyl (C=O) groups excluding carboxylic acids is 1. The third-order valence-electron chi connectivity index (χ3n) is 3.08. The Bertz CT molecular complexity index is 577. The highest BCUT2D eigenvalue weighted by molar-refractivity contribution is 14.0. The van der Waals surface area contributed by atoms with Gasteiger partial charge in [0.1, 0.15) is 5.60 Å². The summed E-state index contributed by atoms with van der Waals surface area (Å²) in [5.41, 5.74) is 0.345. The number of nitrogens with one attached hydrogen (secondary N) is 3. The molecule has 1 rings (SSSR count). The van der Waals surface area contributed by atoms with Gasteiger partial charge in [0, 0.05) is 19.1 Å². The van der Waals surface area contributed by atoms with Crippen molar-refractivity contribution >= 4 is 36.0 Å². The van der Waals surface area contributed by atoms with E-state index in [1.807, 2.05) is 51.1 Å². The number of ether oxygens (including phenoxy) is 1. The molecular formula is C19H33IN4O2. The number of hydrogen-bond donors (Lipinski definition) is 3. The van der Waals surface area contributed by atoms with Crippen molar-refractivity contribution in [2.24, 2.45) is 4.99 Å². The first-order chi connectivity index (χ1) is 11.5. The van der Waals surface area contributed by atoms with Crippen molar-refractivity contribution < 1.29 is 9.53 Å². The highest BCUT2D eigenvalue weighted by atomic mass is 127. The summed E-state index contributed by atoms with van der Waals surface area (Å²) in [6, 6.07) is 9.55. The van der Waals surface area contributed by atoms with Crippen LogP contribution in [0.4, 0.5) is 4.79 Å². The minimum absolute atomic E-state index is 0. The summed E-state index contributed by atoms with van der Waals surface area (Å²) in [4.78, 5) is 16.4. The van der Waals surface area contributed by atoms with E-state index in [1.165, 1.54) is 0 Å². The van der Waals surface area contributed by atoms with E-state index in [0.29, 0.717) is 12.5 Å². The van der Waals surface area contributed by atoms with Crippen LogP contribution in [-0.2, 0) is 4.74 Å². The molecule has 7 heteroatoms. The average Bonchev–Trinajstić information content (AvgIpc) is 2.47. The van der Waals surface area contributed by atoms with Crippen molar-refractivity contribution in [3.05, 3.63) is 35.9 Å². The Balaban J connectivity index is 0.00000625. The Labute approximate surface area is 174 Å². The number of rotatable bonds is 4. The van der Waals surface area contributed by atoms with Gasteiger partial charge in [-0.15, -0.1) is 24.0 Å². The summed E-state index contributed by atoms with van der Waals surface area (Å²) in [6.45, 7) is 12.2. The van der Waals surface area contributed by atoms with Crippen LogP contribution in [0, 0.1) is 0 Å².